The summed E-state index contributed by atoms with van der Waals surface area (Å²) in [7, 11) is 1.51. The smallest absolute Gasteiger partial charge is 0.326 e. The maximum absolute atomic E-state index is 12.6. The molecule has 1 aromatic carbocycles. The number of carboxylic acid groups (broad SMARTS) is 1. The van der Waals surface area contributed by atoms with Crippen LogP contribution in [-0.2, 0) is 4.79 Å². The molecule has 0 bridgehead atoms. The Bertz CT molecular complexity index is 935. The van der Waals surface area contributed by atoms with Crippen LogP contribution < -0.4 is 20.3 Å². The van der Waals surface area contributed by atoms with E-state index in [0.717, 1.165) is 19.3 Å². The van der Waals surface area contributed by atoms with Crippen molar-refractivity contribution >= 4 is 22.8 Å². The van der Waals surface area contributed by atoms with Crippen molar-refractivity contribution in [2.24, 2.45) is 5.92 Å². The molecule has 0 aliphatic carbocycles. The highest BCUT2D eigenvalue weighted by Gasteiger charge is 2.25. The van der Waals surface area contributed by atoms with Crippen LogP contribution in [0.1, 0.15) is 50.4 Å². The molecule has 1 heterocycles. The van der Waals surface area contributed by atoms with Crippen LogP contribution in [0.2, 0.25) is 0 Å². The molecule has 1 aromatic heterocycles. The SMILES string of the molecule is CCCCCOc1c(OC)ccc2cc(C(=O)NC(C(=O)O)C(C)C)c(=O)[nH]c12. The van der Waals surface area contributed by atoms with E-state index < -0.39 is 23.5 Å². The Hall–Kier alpha value is -3.03. The topological polar surface area (TPSA) is 118 Å². The third-order valence-corrected chi connectivity index (χ3v) is 4.61. The fourth-order valence-corrected chi connectivity index (χ4v) is 2.96. The number of aliphatic carboxylic acids is 1. The predicted octanol–water partition coefficient (Wildman–Crippen LogP) is 2.94. The number of hydrogen-bond acceptors (Lipinski definition) is 5. The zero-order valence-corrected chi connectivity index (χ0v) is 17.2. The molecular formula is C21H28N2O6. The van der Waals surface area contributed by atoms with Gasteiger partial charge in [0.15, 0.2) is 11.5 Å². The normalized spacial score (nSPS) is 12.0. The summed E-state index contributed by atoms with van der Waals surface area (Å²) in [5.41, 5.74) is -0.359. The molecular weight excluding hydrogens is 376 g/mol. The number of pyridine rings is 1. The van der Waals surface area contributed by atoms with Gasteiger partial charge in [-0.3, -0.25) is 9.59 Å². The van der Waals surface area contributed by atoms with E-state index in [4.69, 9.17) is 9.47 Å². The molecule has 2 aromatic rings. The maximum atomic E-state index is 12.6. The van der Waals surface area contributed by atoms with Gasteiger partial charge in [-0.1, -0.05) is 33.6 Å². The van der Waals surface area contributed by atoms with E-state index >= 15 is 0 Å². The molecule has 0 aliphatic heterocycles. The van der Waals surface area contributed by atoms with Crippen LogP contribution in [0.15, 0.2) is 23.0 Å². The first kappa shape index (κ1) is 22.3. The van der Waals surface area contributed by atoms with Crippen LogP contribution in [0.25, 0.3) is 10.9 Å². The lowest BCUT2D eigenvalue weighted by Gasteiger charge is -2.18. The van der Waals surface area contributed by atoms with Crippen molar-refractivity contribution in [3.05, 3.63) is 34.1 Å². The van der Waals surface area contributed by atoms with E-state index in [1.54, 1.807) is 26.0 Å². The van der Waals surface area contributed by atoms with Gasteiger partial charge in [0.05, 0.1) is 19.2 Å². The molecule has 1 unspecified atom stereocenters. The molecule has 3 N–H and O–H groups in total. The van der Waals surface area contributed by atoms with Crippen molar-refractivity contribution in [2.75, 3.05) is 13.7 Å². The molecule has 1 atom stereocenters. The molecule has 0 spiro atoms. The Morgan fingerprint density at radius 3 is 2.55 bits per heavy atom. The lowest BCUT2D eigenvalue weighted by molar-refractivity contribution is -0.140. The minimum absolute atomic E-state index is 0.161. The second-order valence-electron chi connectivity index (χ2n) is 7.16. The van der Waals surface area contributed by atoms with Crippen molar-refractivity contribution < 1.29 is 24.2 Å². The zero-order valence-electron chi connectivity index (χ0n) is 17.2. The Labute approximate surface area is 169 Å². The number of carbonyl (C=O) groups is 2. The third-order valence-electron chi connectivity index (χ3n) is 4.61. The van der Waals surface area contributed by atoms with Crippen molar-refractivity contribution in [1.82, 2.24) is 10.3 Å². The highest BCUT2D eigenvalue weighted by Crippen LogP contribution is 2.34. The van der Waals surface area contributed by atoms with Gasteiger partial charge in [-0.2, -0.15) is 0 Å². The number of methoxy groups -OCH3 is 1. The van der Waals surface area contributed by atoms with Crippen molar-refractivity contribution in [3.8, 4) is 11.5 Å². The Kier molecular flexibility index (Phi) is 7.64. The summed E-state index contributed by atoms with van der Waals surface area (Å²) in [6, 6.07) is 3.75. The average molecular weight is 404 g/mol. The number of unbranched alkanes of at least 4 members (excludes halogenated alkanes) is 2. The monoisotopic (exact) mass is 404 g/mol. The lowest BCUT2D eigenvalue weighted by atomic mass is 10.0. The molecule has 158 valence electrons. The van der Waals surface area contributed by atoms with Gasteiger partial charge in [0.25, 0.3) is 11.5 Å². The first-order chi connectivity index (χ1) is 13.8. The van der Waals surface area contributed by atoms with Gasteiger partial charge in [0.1, 0.15) is 11.6 Å². The van der Waals surface area contributed by atoms with Crippen LogP contribution in [0.3, 0.4) is 0 Å². The Balaban J connectivity index is 2.41. The predicted molar refractivity (Wildman–Crippen MR) is 110 cm³/mol. The average Bonchev–Trinajstić information content (AvgIpc) is 2.68. The number of H-pyrrole nitrogens is 1. The summed E-state index contributed by atoms with van der Waals surface area (Å²) in [5.74, 6) is -1.33. The first-order valence-corrected chi connectivity index (χ1v) is 9.70. The second kappa shape index (κ2) is 9.95. The van der Waals surface area contributed by atoms with Gasteiger partial charge < -0.3 is 24.9 Å². The highest BCUT2D eigenvalue weighted by molar-refractivity contribution is 6.00. The van der Waals surface area contributed by atoms with Crippen LogP contribution >= 0.6 is 0 Å². The summed E-state index contributed by atoms with van der Waals surface area (Å²) < 4.78 is 11.2. The molecule has 8 heteroatoms. The van der Waals surface area contributed by atoms with E-state index in [9.17, 15) is 19.5 Å². The van der Waals surface area contributed by atoms with Crippen LogP contribution in [0.4, 0.5) is 0 Å². The van der Waals surface area contributed by atoms with Crippen LogP contribution in [-0.4, -0.2) is 41.7 Å². The molecule has 1 amide bonds. The summed E-state index contributed by atoms with van der Waals surface area (Å²) in [4.78, 5) is 39.1. The third kappa shape index (κ3) is 5.28. The van der Waals surface area contributed by atoms with Gasteiger partial charge in [-0.05, 0) is 30.5 Å². The second-order valence-corrected chi connectivity index (χ2v) is 7.16. The molecule has 0 fully saturated rings. The van der Waals surface area contributed by atoms with Crippen molar-refractivity contribution in [1.29, 1.82) is 0 Å². The minimum Gasteiger partial charge on any atom is -0.493 e. The van der Waals surface area contributed by atoms with E-state index in [2.05, 4.69) is 17.2 Å². The first-order valence-electron chi connectivity index (χ1n) is 9.70. The number of carbonyl (C=O) groups excluding carboxylic acids is 1. The van der Waals surface area contributed by atoms with Gasteiger partial charge in [0, 0.05) is 5.39 Å². The maximum Gasteiger partial charge on any atom is 0.326 e. The summed E-state index contributed by atoms with van der Waals surface area (Å²) >= 11 is 0. The number of carboxylic acids is 1. The highest BCUT2D eigenvalue weighted by atomic mass is 16.5. The number of nitrogens with one attached hydrogen (secondary N) is 2. The number of rotatable bonds is 10. The van der Waals surface area contributed by atoms with E-state index in [0.29, 0.717) is 29.0 Å². The van der Waals surface area contributed by atoms with Gasteiger partial charge in [-0.15, -0.1) is 0 Å². The largest absolute Gasteiger partial charge is 0.493 e. The van der Waals surface area contributed by atoms with Gasteiger partial charge in [-0.25, -0.2) is 4.79 Å². The van der Waals surface area contributed by atoms with E-state index in [-0.39, 0.29) is 11.5 Å². The Morgan fingerprint density at radius 1 is 1.24 bits per heavy atom. The minimum atomic E-state index is -1.15. The number of aromatic nitrogens is 1. The zero-order chi connectivity index (χ0) is 21.6. The van der Waals surface area contributed by atoms with Crippen molar-refractivity contribution in [3.63, 3.8) is 0 Å². The molecule has 0 radical (unpaired) electrons. The summed E-state index contributed by atoms with van der Waals surface area (Å²) in [6.45, 7) is 5.93. The van der Waals surface area contributed by atoms with Gasteiger partial charge >= 0.3 is 5.97 Å². The molecule has 0 aliphatic rings. The molecule has 8 nitrogen and oxygen atoms in total. The quantitative estimate of drug-likeness (QED) is 0.524. The lowest BCUT2D eigenvalue weighted by Crippen LogP contribution is -2.45. The number of ether oxygens (including phenoxy) is 2. The number of amides is 1. The number of fused-ring (bicyclic) bond motifs is 1. The van der Waals surface area contributed by atoms with Gasteiger partial charge in [0.2, 0.25) is 0 Å². The molecule has 0 saturated heterocycles. The molecule has 29 heavy (non-hydrogen) atoms. The number of benzene rings is 1. The molecule has 0 saturated carbocycles. The van der Waals surface area contributed by atoms with Crippen LogP contribution in [0, 0.1) is 5.92 Å². The fraction of sp³-hybridized carbons (Fsp3) is 0.476. The number of aromatic amines is 1. The Morgan fingerprint density at radius 2 is 1.97 bits per heavy atom. The van der Waals surface area contributed by atoms with E-state index in [1.807, 2.05) is 0 Å². The van der Waals surface area contributed by atoms with Crippen LogP contribution in [0.5, 0.6) is 11.5 Å². The van der Waals surface area contributed by atoms with Crippen molar-refractivity contribution in [2.45, 2.75) is 46.1 Å². The number of hydrogen-bond donors (Lipinski definition) is 3. The standard InChI is InChI=1S/C21H28N2O6/c1-5-6-7-10-29-18-15(28-4)9-8-13-11-14(20(25)23-17(13)18)19(24)22-16(12(2)3)21(26)27/h8-9,11-12,16H,5-7,10H2,1-4H3,(H,22,24)(H,23,25)(H,26,27). The fourth-order valence-electron chi connectivity index (χ4n) is 2.96. The van der Waals surface area contributed by atoms with E-state index in [1.165, 1.54) is 13.2 Å². The summed E-state index contributed by atoms with van der Waals surface area (Å²) in [6.07, 6.45) is 2.94. The molecule has 2 rings (SSSR count). The summed E-state index contributed by atoms with van der Waals surface area (Å²) in [5, 5.41) is 12.3.